The summed E-state index contributed by atoms with van der Waals surface area (Å²) in [7, 11) is 1.61. The Morgan fingerprint density at radius 1 is 1.26 bits per heavy atom. The molecule has 0 aliphatic heterocycles. The molecule has 4 nitrogen and oxygen atoms in total. The largest absolute Gasteiger partial charge is 0.496 e. The summed E-state index contributed by atoms with van der Waals surface area (Å²) in [6.07, 6.45) is 0. The van der Waals surface area contributed by atoms with E-state index in [0.29, 0.717) is 10.8 Å². The lowest BCUT2D eigenvalue weighted by atomic mass is 10.1. The Hall–Kier alpha value is -1.72. The lowest BCUT2D eigenvalue weighted by molar-refractivity contribution is -0.123. The minimum atomic E-state index is -0.195. The monoisotopic (exact) mass is 397 g/mol. The van der Waals surface area contributed by atoms with Crippen molar-refractivity contribution in [3.63, 3.8) is 0 Å². The maximum atomic E-state index is 12.0. The van der Waals surface area contributed by atoms with Crippen molar-refractivity contribution in [3.8, 4) is 11.5 Å². The van der Waals surface area contributed by atoms with E-state index in [1.165, 1.54) is 0 Å². The van der Waals surface area contributed by atoms with E-state index in [0.717, 1.165) is 15.8 Å². The quantitative estimate of drug-likeness (QED) is 0.786. The average Bonchev–Trinajstić information content (AvgIpc) is 2.54. The Balaban J connectivity index is 1.89. The van der Waals surface area contributed by atoms with Crippen molar-refractivity contribution < 1.29 is 14.3 Å². The van der Waals surface area contributed by atoms with E-state index in [9.17, 15) is 4.79 Å². The van der Waals surface area contributed by atoms with Crippen molar-refractivity contribution in [2.24, 2.45) is 0 Å². The molecule has 0 bridgehead atoms. The summed E-state index contributed by atoms with van der Waals surface area (Å²) in [5, 5.41) is 3.52. The van der Waals surface area contributed by atoms with Crippen LogP contribution in [0.25, 0.3) is 0 Å². The van der Waals surface area contributed by atoms with Gasteiger partial charge in [0.15, 0.2) is 6.61 Å². The Labute approximate surface area is 148 Å². The lowest BCUT2D eigenvalue weighted by Gasteiger charge is -2.16. The fourth-order valence-electron chi connectivity index (χ4n) is 2.00. The zero-order valence-corrected chi connectivity index (χ0v) is 15.1. The number of amides is 1. The number of halogens is 2. The van der Waals surface area contributed by atoms with Crippen molar-refractivity contribution in [2.75, 3.05) is 13.7 Å². The highest BCUT2D eigenvalue weighted by Crippen LogP contribution is 2.27. The van der Waals surface area contributed by atoms with Gasteiger partial charge in [0, 0.05) is 5.02 Å². The summed E-state index contributed by atoms with van der Waals surface area (Å²) in [6, 6.07) is 12.4. The minimum absolute atomic E-state index is 0.0523. The van der Waals surface area contributed by atoms with E-state index in [-0.39, 0.29) is 18.6 Å². The highest BCUT2D eigenvalue weighted by molar-refractivity contribution is 9.10. The van der Waals surface area contributed by atoms with Crippen LogP contribution in [0.15, 0.2) is 46.9 Å². The number of hydrogen-bond acceptors (Lipinski definition) is 3. The molecule has 1 unspecified atom stereocenters. The van der Waals surface area contributed by atoms with Crippen LogP contribution >= 0.6 is 27.5 Å². The molecule has 0 aromatic heterocycles. The van der Waals surface area contributed by atoms with Gasteiger partial charge >= 0.3 is 0 Å². The molecule has 0 fully saturated rings. The Morgan fingerprint density at radius 2 is 1.96 bits per heavy atom. The summed E-state index contributed by atoms with van der Waals surface area (Å²) in [5.41, 5.74) is 0.970. The smallest absolute Gasteiger partial charge is 0.258 e. The summed E-state index contributed by atoms with van der Waals surface area (Å²) < 4.78 is 11.5. The maximum absolute atomic E-state index is 12.0. The number of nitrogens with one attached hydrogen (secondary N) is 1. The fraction of sp³-hybridized carbons (Fsp3) is 0.235. The molecular weight excluding hydrogens is 382 g/mol. The molecule has 0 aliphatic rings. The third-order valence-electron chi connectivity index (χ3n) is 3.24. The molecule has 23 heavy (non-hydrogen) atoms. The molecule has 2 aromatic rings. The van der Waals surface area contributed by atoms with Crippen LogP contribution in [0.4, 0.5) is 0 Å². The molecule has 1 atom stereocenters. The van der Waals surface area contributed by atoms with Crippen molar-refractivity contribution in [3.05, 3.63) is 57.5 Å². The highest BCUT2D eigenvalue weighted by Gasteiger charge is 2.12. The number of ether oxygens (including phenoxy) is 2. The fourth-order valence-corrected chi connectivity index (χ4v) is 2.68. The molecule has 0 saturated heterocycles. The first-order valence-electron chi connectivity index (χ1n) is 7.00. The Morgan fingerprint density at radius 3 is 2.57 bits per heavy atom. The third kappa shape index (κ3) is 5.15. The summed E-state index contributed by atoms with van der Waals surface area (Å²) in [4.78, 5) is 12.0. The zero-order chi connectivity index (χ0) is 16.8. The molecule has 0 spiro atoms. The van der Waals surface area contributed by atoms with Gasteiger partial charge in [0.25, 0.3) is 5.91 Å². The van der Waals surface area contributed by atoms with Gasteiger partial charge in [-0.25, -0.2) is 0 Å². The van der Waals surface area contributed by atoms with Gasteiger partial charge in [0.1, 0.15) is 11.5 Å². The van der Waals surface area contributed by atoms with Crippen molar-refractivity contribution in [2.45, 2.75) is 13.0 Å². The first-order chi connectivity index (χ1) is 11.0. The maximum Gasteiger partial charge on any atom is 0.258 e. The van der Waals surface area contributed by atoms with E-state index in [1.807, 2.05) is 25.1 Å². The highest BCUT2D eigenvalue weighted by atomic mass is 79.9. The van der Waals surface area contributed by atoms with Gasteiger partial charge in [-0.05, 0) is 64.8 Å². The number of carbonyl (C=O) groups is 1. The van der Waals surface area contributed by atoms with Gasteiger partial charge in [-0.1, -0.05) is 17.7 Å². The van der Waals surface area contributed by atoms with Gasteiger partial charge in [0.05, 0.1) is 17.6 Å². The Kier molecular flexibility index (Phi) is 6.30. The second kappa shape index (κ2) is 8.22. The van der Waals surface area contributed by atoms with Gasteiger partial charge in [-0.2, -0.15) is 0 Å². The number of carbonyl (C=O) groups excluding carboxylic acids is 1. The summed E-state index contributed by atoms with van der Waals surface area (Å²) in [5.74, 6) is 1.15. The SMILES string of the molecule is COc1ccc(C(C)NC(=O)COc2ccc(Cl)cc2)cc1Br. The molecule has 1 amide bonds. The van der Waals surface area contributed by atoms with Gasteiger partial charge in [-0.15, -0.1) is 0 Å². The molecule has 1 N–H and O–H groups in total. The number of hydrogen-bond donors (Lipinski definition) is 1. The van der Waals surface area contributed by atoms with Crippen molar-refractivity contribution in [1.29, 1.82) is 0 Å². The van der Waals surface area contributed by atoms with Crippen LogP contribution in [0.5, 0.6) is 11.5 Å². The van der Waals surface area contributed by atoms with Crippen LogP contribution in [0, 0.1) is 0 Å². The van der Waals surface area contributed by atoms with E-state index in [1.54, 1.807) is 31.4 Å². The molecular formula is C17H17BrClNO3. The van der Waals surface area contributed by atoms with E-state index >= 15 is 0 Å². The van der Waals surface area contributed by atoms with Crippen molar-refractivity contribution in [1.82, 2.24) is 5.32 Å². The molecule has 2 rings (SSSR count). The summed E-state index contributed by atoms with van der Waals surface area (Å²) >= 11 is 9.23. The average molecular weight is 399 g/mol. The van der Waals surface area contributed by atoms with E-state index in [2.05, 4.69) is 21.2 Å². The number of methoxy groups -OCH3 is 1. The first kappa shape index (κ1) is 17.6. The third-order valence-corrected chi connectivity index (χ3v) is 4.11. The van der Waals surface area contributed by atoms with Crippen LogP contribution in [-0.4, -0.2) is 19.6 Å². The normalized spacial score (nSPS) is 11.7. The van der Waals surface area contributed by atoms with Crippen LogP contribution in [0.1, 0.15) is 18.5 Å². The summed E-state index contributed by atoms with van der Waals surface area (Å²) in [6.45, 7) is 1.86. The van der Waals surface area contributed by atoms with E-state index < -0.39 is 0 Å². The number of benzene rings is 2. The standard InChI is InChI=1S/C17H17BrClNO3/c1-11(12-3-8-16(22-2)15(18)9-12)20-17(21)10-23-14-6-4-13(19)5-7-14/h3-9,11H,10H2,1-2H3,(H,20,21). The molecule has 0 saturated carbocycles. The molecule has 6 heteroatoms. The van der Waals surface area contributed by atoms with Crippen LogP contribution in [-0.2, 0) is 4.79 Å². The van der Waals surface area contributed by atoms with Crippen LogP contribution in [0.2, 0.25) is 5.02 Å². The molecule has 2 aromatic carbocycles. The molecule has 0 radical (unpaired) electrons. The molecule has 122 valence electrons. The molecule has 0 aliphatic carbocycles. The predicted octanol–water partition coefficient (Wildman–Crippen LogP) is 4.37. The zero-order valence-electron chi connectivity index (χ0n) is 12.8. The lowest BCUT2D eigenvalue weighted by Crippen LogP contribution is -2.31. The van der Waals surface area contributed by atoms with Gasteiger partial charge in [-0.3, -0.25) is 4.79 Å². The second-order valence-electron chi connectivity index (χ2n) is 4.93. The topological polar surface area (TPSA) is 47.6 Å². The first-order valence-corrected chi connectivity index (χ1v) is 8.18. The predicted molar refractivity (Wildman–Crippen MR) is 94.2 cm³/mol. The van der Waals surface area contributed by atoms with E-state index in [4.69, 9.17) is 21.1 Å². The minimum Gasteiger partial charge on any atom is -0.496 e. The van der Waals surface area contributed by atoms with Crippen LogP contribution < -0.4 is 14.8 Å². The van der Waals surface area contributed by atoms with Crippen LogP contribution in [0.3, 0.4) is 0 Å². The van der Waals surface area contributed by atoms with Gasteiger partial charge < -0.3 is 14.8 Å². The second-order valence-corrected chi connectivity index (χ2v) is 6.22. The number of rotatable bonds is 6. The molecule has 0 heterocycles. The van der Waals surface area contributed by atoms with Gasteiger partial charge in [0.2, 0.25) is 0 Å². The Bertz CT molecular complexity index is 676. The van der Waals surface area contributed by atoms with Crippen molar-refractivity contribution >= 4 is 33.4 Å².